The van der Waals surface area contributed by atoms with Gasteiger partial charge in [-0.1, -0.05) is 0 Å². The lowest BCUT2D eigenvalue weighted by Gasteiger charge is -2.15. The molecule has 2 rings (SSSR count). The molecule has 3 N–H and O–H groups in total. The van der Waals surface area contributed by atoms with Gasteiger partial charge in [0, 0.05) is 31.5 Å². The number of aryl methyl sites for hydroxylation is 2. The molecule has 0 spiro atoms. The number of aromatic nitrogens is 4. The van der Waals surface area contributed by atoms with Crippen molar-refractivity contribution in [1.82, 2.24) is 25.0 Å². The lowest BCUT2D eigenvalue weighted by Crippen LogP contribution is -2.30. The van der Waals surface area contributed by atoms with Gasteiger partial charge >= 0.3 is 0 Å². The van der Waals surface area contributed by atoms with E-state index >= 15 is 0 Å². The third-order valence-electron chi connectivity index (χ3n) is 2.91. The molecule has 6 heteroatoms. The first-order chi connectivity index (χ1) is 7.65. The van der Waals surface area contributed by atoms with Crippen LogP contribution in [0.5, 0.6) is 0 Å². The third-order valence-corrected chi connectivity index (χ3v) is 2.91. The maximum Gasteiger partial charge on any atom is 0.0911 e. The topological polar surface area (TPSA) is 73.7 Å². The minimum Gasteiger partial charge on any atom is -0.273 e. The Morgan fingerprint density at radius 2 is 2.06 bits per heavy atom. The minimum absolute atomic E-state index is 0.0822. The van der Waals surface area contributed by atoms with Crippen molar-refractivity contribution in [2.75, 3.05) is 0 Å². The molecule has 0 amide bonds. The van der Waals surface area contributed by atoms with E-state index in [9.17, 15) is 0 Å². The van der Waals surface area contributed by atoms with Gasteiger partial charge in [-0.25, -0.2) is 5.43 Å². The SMILES string of the molecule is Cc1c(C(NN)c2ccnn2C)cnn1C. The normalized spacial score (nSPS) is 13.0. The smallest absolute Gasteiger partial charge is 0.0911 e. The quantitative estimate of drug-likeness (QED) is 0.564. The van der Waals surface area contributed by atoms with Crippen molar-refractivity contribution in [3.63, 3.8) is 0 Å². The minimum atomic E-state index is -0.0822. The second-order valence-corrected chi connectivity index (χ2v) is 3.79. The maximum atomic E-state index is 5.61. The molecular weight excluding hydrogens is 204 g/mol. The Hall–Kier alpha value is -1.66. The summed E-state index contributed by atoms with van der Waals surface area (Å²) in [5.41, 5.74) is 5.96. The molecule has 1 unspecified atom stereocenters. The highest BCUT2D eigenvalue weighted by molar-refractivity contribution is 5.28. The van der Waals surface area contributed by atoms with E-state index in [0.29, 0.717) is 0 Å². The summed E-state index contributed by atoms with van der Waals surface area (Å²) < 4.78 is 3.63. The first-order valence-corrected chi connectivity index (χ1v) is 5.07. The molecule has 1 atom stereocenters. The Kier molecular flexibility index (Phi) is 2.76. The molecule has 2 aromatic heterocycles. The molecule has 0 saturated carbocycles. The van der Waals surface area contributed by atoms with E-state index in [4.69, 9.17) is 5.84 Å². The van der Waals surface area contributed by atoms with Gasteiger partial charge in [-0.2, -0.15) is 10.2 Å². The number of nitrogens with two attached hydrogens (primary N) is 1. The van der Waals surface area contributed by atoms with Gasteiger partial charge in [0.25, 0.3) is 0 Å². The van der Waals surface area contributed by atoms with Crippen LogP contribution in [0.4, 0.5) is 0 Å². The van der Waals surface area contributed by atoms with Crippen molar-refractivity contribution < 1.29 is 0 Å². The van der Waals surface area contributed by atoms with Crippen LogP contribution in [-0.4, -0.2) is 19.6 Å². The summed E-state index contributed by atoms with van der Waals surface area (Å²) in [5, 5.41) is 8.36. The van der Waals surface area contributed by atoms with E-state index in [0.717, 1.165) is 17.0 Å². The first-order valence-electron chi connectivity index (χ1n) is 5.07. The molecule has 2 aromatic rings. The predicted octanol–water partition coefficient (Wildman–Crippen LogP) is 0.0147. The van der Waals surface area contributed by atoms with E-state index < -0.39 is 0 Å². The van der Waals surface area contributed by atoms with E-state index in [1.165, 1.54) is 0 Å². The molecular formula is C10H16N6. The van der Waals surface area contributed by atoms with Gasteiger partial charge in [0.05, 0.1) is 17.9 Å². The summed E-state index contributed by atoms with van der Waals surface area (Å²) >= 11 is 0. The van der Waals surface area contributed by atoms with Crippen LogP contribution in [0.15, 0.2) is 18.5 Å². The molecule has 6 nitrogen and oxygen atoms in total. The second kappa shape index (κ2) is 4.07. The van der Waals surface area contributed by atoms with Crippen molar-refractivity contribution in [2.24, 2.45) is 19.9 Å². The average molecular weight is 220 g/mol. The number of hydrazine groups is 1. The second-order valence-electron chi connectivity index (χ2n) is 3.79. The largest absolute Gasteiger partial charge is 0.273 e. The van der Waals surface area contributed by atoms with Gasteiger partial charge in [-0.05, 0) is 13.0 Å². The Labute approximate surface area is 94.0 Å². The first kappa shape index (κ1) is 10.8. The van der Waals surface area contributed by atoms with Crippen LogP contribution in [0.25, 0.3) is 0 Å². The van der Waals surface area contributed by atoms with E-state index in [-0.39, 0.29) is 6.04 Å². The summed E-state index contributed by atoms with van der Waals surface area (Å²) in [7, 11) is 3.81. The maximum absolute atomic E-state index is 5.61. The van der Waals surface area contributed by atoms with Crippen molar-refractivity contribution >= 4 is 0 Å². The standard InChI is InChI=1S/C10H16N6/c1-7-8(6-13-15(7)2)10(14-11)9-4-5-12-16(9)3/h4-6,10,14H,11H2,1-3H3. The van der Waals surface area contributed by atoms with Crippen molar-refractivity contribution in [2.45, 2.75) is 13.0 Å². The van der Waals surface area contributed by atoms with Crippen LogP contribution >= 0.6 is 0 Å². The summed E-state index contributed by atoms with van der Waals surface area (Å²) in [4.78, 5) is 0. The monoisotopic (exact) mass is 220 g/mol. The zero-order chi connectivity index (χ0) is 11.7. The highest BCUT2D eigenvalue weighted by atomic mass is 15.3. The van der Waals surface area contributed by atoms with E-state index in [1.54, 1.807) is 10.9 Å². The number of hydrogen-bond donors (Lipinski definition) is 2. The van der Waals surface area contributed by atoms with Gasteiger partial charge in [-0.15, -0.1) is 0 Å². The third kappa shape index (κ3) is 1.62. The molecule has 0 bridgehead atoms. The van der Waals surface area contributed by atoms with Crippen LogP contribution in [-0.2, 0) is 14.1 Å². The average Bonchev–Trinajstić information content (AvgIpc) is 2.81. The number of rotatable bonds is 3. The van der Waals surface area contributed by atoms with Crippen molar-refractivity contribution in [3.05, 3.63) is 35.4 Å². The Morgan fingerprint density at radius 1 is 1.31 bits per heavy atom. The summed E-state index contributed by atoms with van der Waals surface area (Å²) in [6, 6.07) is 1.86. The van der Waals surface area contributed by atoms with Crippen LogP contribution in [0.3, 0.4) is 0 Å². The zero-order valence-corrected chi connectivity index (χ0v) is 9.68. The van der Waals surface area contributed by atoms with Crippen LogP contribution in [0.1, 0.15) is 23.0 Å². The molecule has 86 valence electrons. The van der Waals surface area contributed by atoms with Gasteiger partial charge in [0.15, 0.2) is 0 Å². The van der Waals surface area contributed by atoms with E-state index in [1.807, 2.05) is 38.0 Å². The fourth-order valence-corrected chi connectivity index (χ4v) is 1.80. The highest BCUT2D eigenvalue weighted by Crippen LogP contribution is 2.22. The summed E-state index contributed by atoms with van der Waals surface area (Å²) in [5.74, 6) is 5.61. The Morgan fingerprint density at radius 3 is 2.50 bits per heavy atom. The molecule has 0 aliphatic rings. The van der Waals surface area contributed by atoms with Crippen LogP contribution < -0.4 is 11.3 Å². The van der Waals surface area contributed by atoms with Crippen molar-refractivity contribution in [1.29, 1.82) is 0 Å². The number of hydrogen-bond acceptors (Lipinski definition) is 4. The summed E-state index contributed by atoms with van der Waals surface area (Å²) in [6.07, 6.45) is 3.58. The van der Waals surface area contributed by atoms with Crippen LogP contribution in [0.2, 0.25) is 0 Å². The lowest BCUT2D eigenvalue weighted by molar-refractivity contribution is 0.571. The molecule has 0 radical (unpaired) electrons. The summed E-state index contributed by atoms with van der Waals surface area (Å²) in [6.45, 7) is 2.02. The molecule has 0 aromatic carbocycles. The van der Waals surface area contributed by atoms with Crippen LogP contribution in [0, 0.1) is 6.92 Å². The molecule has 0 aliphatic carbocycles. The Bertz CT molecular complexity index is 483. The fraction of sp³-hybridized carbons (Fsp3) is 0.400. The Balaban J connectivity index is 2.45. The molecule has 2 heterocycles. The molecule has 0 fully saturated rings. The van der Waals surface area contributed by atoms with E-state index in [2.05, 4.69) is 15.6 Å². The molecule has 0 saturated heterocycles. The zero-order valence-electron chi connectivity index (χ0n) is 9.68. The van der Waals surface area contributed by atoms with Gasteiger partial charge in [0.2, 0.25) is 0 Å². The van der Waals surface area contributed by atoms with Gasteiger partial charge in [-0.3, -0.25) is 15.2 Å². The fourth-order valence-electron chi connectivity index (χ4n) is 1.80. The predicted molar refractivity (Wildman–Crippen MR) is 60.3 cm³/mol. The highest BCUT2D eigenvalue weighted by Gasteiger charge is 2.19. The molecule has 0 aliphatic heterocycles. The number of nitrogens with zero attached hydrogens (tertiary/aromatic N) is 4. The van der Waals surface area contributed by atoms with Crippen molar-refractivity contribution in [3.8, 4) is 0 Å². The van der Waals surface area contributed by atoms with Gasteiger partial charge < -0.3 is 0 Å². The molecule has 16 heavy (non-hydrogen) atoms. The lowest BCUT2D eigenvalue weighted by atomic mass is 10.1. The van der Waals surface area contributed by atoms with Gasteiger partial charge in [0.1, 0.15) is 0 Å². The number of nitrogens with one attached hydrogen (secondary N) is 1.